The molecule has 0 N–H and O–H groups in total. The first-order chi connectivity index (χ1) is 15.0. The highest BCUT2D eigenvalue weighted by Crippen LogP contribution is 2.35. The van der Waals surface area contributed by atoms with Crippen LogP contribution in [0.5, 0.6) is 0 Å². The summed E-state index contributed by atoms with van der Waals surface area (Å²) in [4.78, 5) is 15.6. The van der Waals surface area contributed by atoms with Crippen molar-refractivity contribution in [1.82, 2.24) is 14.1 Å². The van der Waals surface area contributed by atoms with Gasteiger partial charge in [-0.15, -0.1) is 0 Å². The van der Waals surface area contributed by atoms with E-state index >= 15 is 0 Å². The van der Waals surface area contributed by atoms with E-state index < -0.39 is 32.7 Å². The smallest absolute Gasteiger partial charge is 0.340 e. The fourth-order valence-corrected chi connectivity index (χ4v) is 5.44. The van der Waals surface area contributed by atoms with Crippen molar-refractivity contribution in [2.24, 2.45) is 0 Å². The molecule has 0 saturated carbocycles. The van der Waals surface area contributed by atoms with E-state index in [9.17, 15) is 26.4 Å². The number of halogens is 3. The molecule has 0 aliphatic carbocycles. The fraction of sp³-hybridized carbons (Fsp3) is 0.409. The zero-order chi connectivity index (χ0) is 23.5. The Bertz CT molecular complexity index is 1040. The molecule has 1 amide bonds. The Morgan fingerprint density at radius 2 is 1.56 bits per heavy atom. The van der Waals surface area contributed by atoms with Gasteiger partial charge in [0.2, 0.25) is 15.9 Å². The molecule has 0 unspecified atom stereocenters. The third-order valence-corrected chi connectivity index (χ3v) is 7.58. The molecular weight excluding hydrogens is 443 g/mol. The highest BCUT2D eigenvalue weighted by molar-refractivity contribution is 7.89. The number of nitrogens with zero attached hydrogens (tertiary/aromatic N) is 3. The van der Waals surface area contributed by atoms with Crippen molar-refractivity contribution < 1.29 is 26.4 Å². The lowest BCUT2D eigenvalue weighted by Gasteiger charge is -2.38. The zero-order valence-corrected chi connectivity index (χ0v) is 18.7. The Labute approximate surface area is 186 Å². The Morgan fingerprint density at radius 1 is 1.00 bits per heavy atom. The third-order valence-electron chi connectivity index (χ3n) is 5.63. The van der Waals surface area contributed by atoms with E-state index in [1.165, 1.54) is 12.1 Å². The molecule has 174 valence electrons. The molecule has 2 aromatic carbocycles. The molecule has 10 heteroatoms. The maximum atomic E-state index is 13.3. The van der Waals surface area contributed by atoms with E-state index in [1.807, 2.05) is 35.2 Å². The quantitative estimate of drug-likeness (QED) is 0.653. The topological polar surface area (TPSA) is 60.9 Å². The second-order valence-electron chi connectivity index (χ2n) is 7.79. The van der Waals surface area contributed by atoms with Gasteiger partial charge in [-0.1, -0.05) is 42.5 Å². The number of hydrogen-bond donors (Lipinski definition) is 0. The Balaban J connectivity index is 1.65. The molecule has 0 spiro atoms. The molecular formula is C22H26F3N3O3S. The van der Waals surface area contributed by atoms with Crippen LogP contribution in [0.15, 0.2) is 59.5 Å². The average Bonchev–Trinajstić information content (AvgIpc) is 2.78. The molecule has 1 fully saturated rings. The molecule has 32 heavy (non-hydrogen) atoms. The Kier molecular flexibility index (Phi) is 7.26. The summed E-state index contributed by atoms with van der Waals surface area (Å²) >= 11 is 0. The van der Waals surface area contributed by atoms with Gasteiger partial charge >= 0.3 is 6.18 Å². The SMILES string of the molecule is C[C@H](C(=O)N(C)Cc1ccccc1)N1CCN(S(=O)(=O)c2ccccc2C(F)(F)F)CC1. The Morgan fingerprint density at radius 3 is 2.16 bits per heavy atom. The predicted molar refractivity (Wildman–Crippen MR) is 114 cm³/mol. The molecule has 1 atom stereocenters. The summed E-state index contributed by atoms with van der Waals surface area (Å²) in [6.07, 6.45) is -4.77. The molecule has 0 bridgehead atoms. The van der Waals surface area contributed by atoms with Crippen LogP contribution < -0.4 is 0 Å². The molecule has 1 aliphatic rings. The summed E-state index contributed by atoms with van der Waals surface area (Å²) in [7, 11) is -2.60. The summed E-state index contributed by atoms with van der Waals surface area (Å²) in [6.45, 7) is 2.72. The normalized spacial score (nSPS) is 17.2. The van der Waals surface area contributed by atoms with Crippen LogP contribution in [0.1, 0.15) is 18.1 Å². The van der Waals surface area contributed by atoms with E-state index in [0.717, 1.165) is 22.0 Å². The van der Waals surface area contributed by atoms with E-state index in [1.54, 1.807) is 18.9 Å². The standard InChI is InChI=1S/C22H26F3N3O3S/c1-17(21(29)26(2)16-18-8-4-3-5-9-18)27-12-14-28(15-13-27)32(30,31)20-11-7-6-10-19(20)22(23,24)25/h3-11,17H,12-16H2,1-2H3/t17-/m1/s1. The minimum atomic E-state index is -4.77. The number of benzene rings is 2. The first-order valence-corrected chi connectivity index (χ1v) is 11.6. The first-order valence-electron chi connectivity index (χ1n) is 10.2. The Hall–Kier alpha value is -2.43. The molecule has 0 radical (unpaired) electrons. The van der Waals surface area contributed by atoms with Gasteiger partial charge in [-0.2, -0.15) is 17.5 Å². The van der Waals surface area contributed by atoms with Gasteiger partial charge in [-0.05, 0) is 24.6 Å². The molecule has 1 heterocycles. The van der Waals surface area contributed by atoms with Crippen molar-refractivity contribution in [2.75, 3.05) is 33.2 Å². The summed E-state index contributed by atoms with van der Waals surface area (Å²) in [6, 6.07) is 13.3. The predicted octanol–water partition coefficient (Wildman–Crippen LogP) is 3.06. The van der Waals surface area contributed by atoms with Crippen LogP contribution >= 0.6 is 0 Å². The van der Waals surface area contributed by atoms with E-state index in [2.05, 4.69) is 0 Å². The summed E-state index contributed by atoms with van der Waals surface area (Å²) in [5.41, 5.74) is -0.177. The lowest BCUT2D eigenvalue weighted by atomic mass is 10.2. The third kappa shape index (κ3) is 5.31. The molecule has 6 nitrogen and oxygen atoms in total. The fourth-order valence-electron chi connectivity index (χ4n) is 3.81. The van der Waals surface area contributed by atoms with Gasteiger partial charge in [-0.25, -0.2) is 8.42 Å². The van der Waals surface area contributed by atoms with Crippen LogP contribution in [0.2, 0.25) is 0 Å². The molecule has 1 aliphatic heterocycles. The van der Waals surface area contributed by atoms with Gasteiger partial charge in [0, 0.05) is 39.8 Å². The van der Waals surface area contributed by atoms with Crippen molar-refractivity contribution in [3.63, 3.8) is 0 Å². The van der Waals surface area contributed by atoms with Crippen molar-refractivity contribution in [2.45, 2.75) is 30.6 Å². The lowest BCUT2D eigenvalue weighted by molar-refractivity contribution is -0.140. The number of likely N-dealkylation sites (N-methyl/N-ethyl adjacent to an activating group) is 1. The number of piperazine rings is 1. The number of carbonyl (C=O) groups is 1. The number of carbonyl (C=O) groups excluding carboxylic acids is 1. The number of amides is 1. The number of sulfonamides is 1. The molecule has 2 aromatic rings. The van der Waals surface area contributed by atoms with Crippen LogP contribution in [-0.2, 0) is 27.5 Å². The van der Waals surface area contributed by atoms with Crippen molar-refractivity contribution >= 4 is 15.9 Å². The zero-order valence-electron chi connectivity index (χ0n) is 17.9. The highest BCUT2D eigenvalue weighted by atomic mass is 32.2. The van der Waals surface area contributed by atoms with Crippen molar-refractivity contribution in [1.29, 1.82) is 0 Å². The number of rotatable bonds is 6. The second-order valence-corrected chi connectivity index (χ2v) is 9.70. The lowest BCUT2D eigenvalue weighted by Crippen LogP contribution is -2.55. The minimum Gasteiger partial charge on any atom is -0.340 e. The van der Waals surface area contributed by atoms with Gasteiger partial charge in [0.05, 0.1) is 16.5 Å². The maximum absolute atomic E-state index is 13.3. The van der Waals surface area contributed by atoms with E-state index in [-0.39, 0.29) is 32.1 Å². The van der Waals surface area contributed by atoms with Crippen molar-refractivity contribution in [3.8, 4) is 0 Å². The van der Waals surface area contributed by atoms with E-state index in [4.69, 9.17) is 0 Å². The van der Waals surface area contributed by atoms with Crippen LogP contribution in [0.25, 0.3) is 0 Å². The molecule has 3 rings (SSSR count). The molecule has 0 aromatic heterocycles. The summed E-state index contributed by atoms with van der Waals surface area (Å²) in [5.74, 6) is -0.104. The summed E-state index contributed by atoms with van der Waals surface area (Å²) in [5, 5.41) is 0. The molecule has 1 saturated heterocycles. The van der Waals surface area contributed by atoms with Crippen LogP contribution in [0.3, 0.4) is 0 Å². The van der Waals surface area contributed by atoms with Gasteiger partial charge in [0.15, 0.2) is 0 Å². The monoisotopic (exact) mass is 469 g/mol. The van der Waals surface area contributed by atoms with Gasteiger partial charge in [0.1, 0.15) is 0 Å². The summed E-state index contributed by atoms with van der Waals surface area (Å²) < 4.78 is 66.8. The first kappa shape index (κ1) is 24.2. The maximum Gasteiger partial charge on any atom is 0.417 e. The second kappa shape index (κ2) is 9.60. The van der Waals surface area contributed by atoms with Crippen LogP contribution in [0.4, 0.5) is 13.2 Å². The minimum absolute atomic E-state index is 0.00848. The van der Waals surface area contributed by atoms with Gasteiger partial charge in [-0.3, -0.25) is 9.69 Å². The highest BCUT2D eigenvalue weighted by Gasteiger charge is 2.40. The largest absolute Gasteiger partial charge is 0.417 e. The number of hydrogen-bond acceptors (Lipinski definition) is 4. The van der Waals surface area contributed by atoms with Crippen LogP contribution in [-0.4, -0.2) is 67.7 Å². The number of alkyl halides is 3. The van der Waals surface area contributed by atoms with Gasteiger partial charge in [0.25, 0.3) is 0 Å². The van der Waals surface area contributed by atoms with E-state index in [0.29, 0.717) is 6.54 Å². The van der Waals surface area contributed by atoms with Crippen molar-refractivity contribution in [3.05, 3.63) is 65.7 Å². The average molecular weight is 470 g/mol. The van der Waals surface area contributed by atoms with Gasteiger partial charge < -0.3 is 4.90 Å². The van der Waals surface area contributed by atoms with Crippen LogP contribution in [0, 0.1) is 0 Å².